The summed E-state index contributed by atoms with van der Waals surface area (Å²) >= 11 is 0. The molecule has 1 aliphatic heterocycles. The minimum atomic E-state index is 0.255. The molecule has 4 heteroatoms. The minimum absolute atomic E-state index is 0.255. The van der Waals surface area contributed by atoms with Gasteiger partial charge in [-0.3, -0.25) is 4.90 Å². The zero-order chi connectivity index (χ0) is 13.7. The van der Waals surface area contributed by atoms with Crippen LogP contribution < -0.4 is 10.2 Å². The van der Waals surface area contributed by atoms with Crippen molar-refractivity contribution in [3.63, 3.8) is 0 Å². The molecule has 0 atom stereocenters. The summed E-state index contributed by atoms with van der Waals surface area (Å²) in [4.78, 5) is 9.23. The van der Waals surface area contributed by atoms with Gasteiger partial charge in [0.25, 0.3) is 0 Å². The number of nitrogens with zero attached hydrogens (tertiary/aromatic N) is 3. The van der Waals surface area contributed by atoms with Crippen molar-refractivity contribution in [2.24, 2.45) is 0 Å². The maximum absolute atomic E-state index is 4.39. The quantitative estimate of drug-likeness (QED) is 0.873. The first kappa shape index (κ1) is 14.3. The van der Waals surface area contributed by atoms with E-state index in [4.69, 9.17) is 0 Å². The largest absolute Gasteiger partial charge is 0.360 e. The molecule has 1 aromatic rings. The Morgan fingerprint density at radius 3 is 2.68 bits per heavy atom. The van der Waals surface area contributed by atoms with Crippen LogP contribution in [0.5, 0.6) is 0 Å². The normalized spacial score (nSPS) is 17.4. The third-order valence-corrected chi connectivity index (χ3v) is 4.07. The van der Waals surface area contributed by atoms with Gasteiger partial charge in [0.2, 0.25) is 0 Å². The van der Waals surface area contributed by atoms with E-state index in [0.717, 1.165) is 45.0 Å². The lowest BCUT2D eigenvalue weighted by atomic mass is 9.97. The summed E-state index contributed by atoms with van der Waals surface area (Å²) in [6, 6.07) is 6.07. The van der Waals surface area contributed by atoms with E-state index in [-0.39, 0.29) is 5.54 Å². The third kappa shape index (κ3) is 3.91. The molecule has 4 nitrogen and oxygen atoms in total. The van der Waals surface area contributed by atoms with Crippen molar-refractivity contribution in [2.45, 2.75) is 25.8 Å². The fourth-order valence-electron chi connectivity index (χ4n) is 2.56. The van der Waals surface area contributed by atoms with Gasteiger partial charge in [-0.05, 0) is 32.4 Å². The van der Waals surface area contributed by atoms with E-state index in [1.807, 2.05) is 18.3 Å². The maximum Gasteiger partial charge on any atom is 0.128 e. The first-order valence-corrected chi connectivity index (χ1v) is 7.17. The first-order chi connectivity index (χ1) is 9.09. The summed E-state index contributed by atoms with van der Waals surface area (Å²) in [5, 5.41) is 3.42. The molecule has 0 unspecified atom stereocenters. The highest BCUT2D eigenvalue weighted by Gasteiger charge is 2.27. The fraction of sp³-hybridized carbons (Fsp3) is 0.667. The second-order valence-corrected chi connectivity index (χ2v) is 5.91. The third-order valence-electron chi connectivity index (χ3n) is 4.07. The number of anilines is 1. The molecule has 106 valence electrons. The van der Waals surface area contributed by atoms with Crippen molar-refractivity contribution in [1.82, 2.24) is 15.2 Å². The van der Waals surface area contributed by atoms with Crippen molar-refractivity contribution in [1.29, 1.82) is 0 Å². The summed E-state index contributed by atoms with van der Waals surface area (Å²) < 4.78 is 0. The van der Waals surface area contributed by atoms with Crippen LogP contribution in [0.15, 0.2) is 24.4 Å². The van der Waals surface area contributed by atoms with Crippen LogP contribution in [0, 0.1) is 0 Å². The van der Waals surface area contributed by atoms with Gasteiger partial charge >= 0.3 is 0 Å². The van der Waals surface area contributed by atoms with E-state index in [1.165, 1.54) is 0 Å². The van der Waals surface area contributed by atoms with Crippen LogP contribution in [-0.2, 0) is 0 Å². The summed E-state index contributed by atoms with van der Waals surface area (Å²) in [6.45, 7) is 10.3. The second kappa shape index (κ2) is 6.35. The lowest BCUT2D eigenvalue weighted by molar-refractivity contribution is 0.0974. The average Bonchev–Trinajstić information content (AvgIpc) is 2.47. The number of aromatic nitrogens is 1. The fourth-order valence-corrected chi connectivity index (χ4v) is 2.56. The van der Waals surface area contributed by atoms with E-state index in [0.29, 0.717) is 0 Å². The topological polar surface area (TPSA) is 31.4 Å². The van der Waals surface area contributed by atoms with Gasteiger partial charge in [-0.25, -0.2) is 4.98 Å². The highest BCUT2D eigenvalue weighted by atomic mass is 15.2. The van der Waals surface area contributed by atoms with Crippen LogP contribution in [0.2, 0.25) is 0 Å². The average molecular weight is 262 g/mol. The molecule has 1 N–H and O–H groups in total. The molecule has 0 amide bonds. The van der Waals surface area contributed by atoms with Gasteiger partial charge in [-0.1, -0.05) is 6.07 Å². The number of hydrogen-bond donors (Lipinski definition) is 1. The lowest BCUT2D eigenvalue weighted by Gasteiger charge is -2.42. The smallest absolute Gasteiger partial charge is 0.128 e. The monoisotopic (exact) mass is 262 g/mol. The number of piperazine rings is 1. The molecule has 0 radical (unpaired) electrons. The number of rotatable bonds is 5. The van der Waals surface area contributed by atoms with Gasteiger partial charge in [0.05, 0.1) is 0 Å². The van der Waals surface area contributed by atoms with Gasteiger partial charge in [0.1, 0.15) is 5.82 Å². The number of hydrogen-bond acceptors (Lipinski definition) is 4. The van der Waals surface area contributed by atoms with Crippen LogP contribution in [0.1, 0.15) is 20.3 Å². The molecule has 0 bridgehead atoms. The minimum Gasteiger partial charge on any atom is -0.360 e. The molecule has 1 aliphatic rings. The molecular weight excluding hydrogens is 236 g/mol. The molecule has 19 heavy (non-hydrogen) atoms. The Kier molecular flexibility index (Phi) is 4.77. The second-order valence-electron chi connectivity index (χ2n) is 5.91. The summed E-state index contributed by atoms with van der Waals surface area (Å²) in [5.74, 6) is 1.05. The Morgan fingerprint density at radius 2 is 2.05 bits per heavy atom. The Bertz CT molecular complexity index is 371. The standard InChI is InChI=1S/C15H26N4/c1-15(2,19-12-9-16-10-13-19)7-11-18(3)14-6-4-5-8-17-14/h4-6,8,16H,7,9-13H2,1-3H3. The van der Waals surface area contributed by atoms with Crippen LogP contribution in [0.3, 0.4) is 0 Å². The molecule has 0 spiro atoms. The zero-order valence-corrected chi connectivity index (χ0v) is 12.4. The molecule has 0 aliphatic carbocycles. The summed E-state index contributed by atoms with van der Waals surface area (Å²) in [5.41, 5.74) is 0.255. The van der Waals surface area contributed by atoms with Crippen molar-refractivity contribution in [3.8, 4) is 0 Å². The van der Waals surface area contributed by atoms with Gasteiger partial charge < -0.3 is 10.2 Å². The van der Waals surface area contributed by atoms with Crippen LogP contribution >= 0.6 is 0 Å². The van der Waals surface area contributed by atoms with Gasteiger partial charge in [-0.15, -0.1) is 0 Å². The Morgan fingerprint density at radius 1 is 1.32 bits per heavy atom. The van der Waals surface area contributed by atoms with Gasteiger partial charge in [0.15, 0.2) is 0 Å². The van der Waals surface area contributed by atoms with E-state index < -0.39 is 0 Å². The molecule has 0 saturated carbocycles. The Balaban J connectivity index is 1.86. The van der Waals surface area contributed by atoms with Crippen molar-refractivity contribution < 1.29 is 0 Å². The van der Waals surface area contributed by atoms with E-state index in [9.17, 15) is 0 Å². The molecule has 2 heterocycles. The van der Waals surface area contributed by atoms with Crippen molar-refractivity contribution in [2.75, 3.05) is 44.7 Å². The van der Waals surface area contributed by atoms with E-state index in [1.54, 1.807) is 0 Å². The molecular formula is C15H26N4. The molecule has 0 aromatic carbocycles. The summed E-state index contributed by atoms with van der Waals surface area (Å²) in [6.07, 6.45) is 3.01. The molecule has 1 fully saturated rings. The first-order valence-electron chi connectivity index (χ1n) is 7.17. The maximum atomic E-state index is 4.39. The number of pyridine rings is 1. The number of nitrogens with one attached hydrogen (secondary N) is 1. The highest BCUT2D eigenvalue weighted by Crippen LogP contribution is 2.20. The van der Waals surface area contributed by atoms with E-state index in [2.05, 4.69) is 47.1 Å². The molecule has 2 rings (SSSR count). The predicted molar refractivity (Wildman–Crippen MR) is 80.6 cm³/mol. The molecule has 1 saturated heterocycles. The summed E-state index contributed by atoms with van der Waals surface area (Å²) in [7, 11) is 2.12. The Labute approximate surface area is 116 Å². The van der Waals surface area contributed by atoms with Crippen LogP contribution in [0.25, 0.3) is 0 Å². The van der Waals surface area contributed by atoms with Crippen molar-refractivity contribution >= 4 is 5.82 Å². The Hall–Kier alpha value is -1.13. The lowest BCUT2D eigenvalue weighted by Crippen LogP contribution is -2.54. The van der Waals surface area contributed by atoms with Crippen LogP contribution in [0.4, 0.5) is 5.82 Å². The van der Waals surface area contributed by atoms with Gasteiger partial charge in [-0.2, -0.15) is 0 Å². The van der Waals surface area contributed by atoms with Crippen LogP contribution in [-0.4, -0.2) is 55.2 Å². The van der Waals surface area contributed by atoms with E-state index >= 15 is 0 Å². The SMILES string of the molecule is CN(CCC(C)(C)N1CCNCC1)c1ccccn1. The van der Waals surface area contributed by atoms with Gasteiger partial charge in [0, 0.05) is 51.5 Å². The predicted octanol–water partition coefficient (Wildman–Crippen LogP) is 1.59. The highest BCUT2D eigenvalue weighted by molar-refractivity contribution is 5.36. The zero-order valence-electron chi connectivity index (χ0n) is 12.4. The molecule has 1 aromatic heterocycles. The van der Waals surface area contributed by atoms with Crippen molar-refractivity contribution in [3.05, 3.63) is 24.4 Å².